The monoisotopic (exact) mass is 382 g/mol. The van der Waals surface area contributed by atoms with E-state index in [9.17, 15) is 4.39 Å². The Kier molecular flexibility index (Phi) is 5.18. The van der Waals surface area contributed by atoms with Crippen molar-refractivity contribution in [3.05, 3.63) is 54.4 Å². The van der Waals surface area contributed by atoms with Crippen LogP contribution >= 0.6 is 0 Å². The first kappa shape index (κ1) is 18.3. The van der Waals surface area contributed by atoms with Crippen LogP contribution in [0.2, 0.25) is 0 Å². The SMILES string of the molecule is CC(C)n1cnnc1OCC1CC(c2cnc(Nc3ccccc3F)nc2)C1. The van der Waals surface area contributed by atoms with Crippen LogP contribution in [0.15, 0.2) is 43.0 Å². The second kappa shape index (κ2) is 7.92. The van der Waals surface area contributed by atoms with Crippen molar-refractivity contribution in [2.45, 2.75) is 38.6 Å². The summed E-state index contributed by atoms with van der Waals surface area (Å²) in [5.41, 5.74) is 1.46. The summed E-state index contributed by atoms with van der Waals surface area (Å²) in [4.78, 5) is 8.64. The Morgan fingerprint density at radius 2 is 1.96 bits per heavy atom. The summed E-state index contributed by atoms with van der Waals surface area (Å²) >= 11 is 0. The second-order valence-electron chi connectivity index (χ2n) is 7.40. The molecule has 7 nitrogen and oxygen atoms in total. The van der Waals surface area contributed by atoms with E-state index >= 15 is 0 Å². The van der Waals surface area contributed by atoms with Crippen LogP contribution in [0, 0.1) is 11.7 Å². The lowest BCUT2D eigenvalue weighted by atomic mass is 9.72. The molecule has 2 aromatic heterocycles. The van der Waals surface area contributed by atoms with Gasteiger partial charge in [0.15, 0.2) is 0 Å². The Labute approximate surface area is 163 Å². The molecule has 0 amide bonds. The lowest BCUT2D eigenvalue weighted by molar-refractivity contribution is 0.143. The van der Waals surface area contributed by atoms with Crippen molar-refractivity contribution in [2.75, 3.05) is 11.9 Å². The van der Waals surface area contributed by atoms with Gasteiger partial charge in [-0.05, 0) is 56.2 Å². The van der Waals surface area contributed by atoms with Crippen LogP contribution in [-0.4, -0.2) is 31.3 Å². The van der Waals surface area contributed by atoms with Crippen LogP contribution in [-0.2, 0) is 0 Å². The van der Waals surface area contributed by atoms with Crippen LogP contribution in [0.3, 0.4) is 0 Å². The molecule has 4 rings (SSSR count). The summed E-state index contributed by atoms with van der Waals surface area (Å²) in [5, 5.41) is 10.8. The molecule has 28 heavy (non-hydrogen) atoms. The highest BCUT2D eigenvalue weighted by Gasteiger charge is 2.31. The van der Waals surface area contributed by atoms with E-state index in [0.29, 0.717) is 36.1 Å². The van der Waals surface area contributed by atoms with Crippen LogP contribution in [0.4, 0.5) is 16.0 Å². The quantitative estimate of drug-likeness (QED) is 0.663. The largest absolute Gasteiger partial charge is 0.463 e. The van der Waals surface area contributed by atoms with Gasteiger partial charge in [0.2, 0.25) is 5.95 Å². The molecule has 0 bridgehead atoms. The van der Waals surface area contributed by atoms with Crippen molar-refractivity contribution in [3.63, 3.8) is 0 Å². The van der Waals surface area contributed by atoms with Crippen LogP contribution < -0.4 is 10.1 Å². The van der Waals surface area contributed by atoms with Crippen molar-refractivity contribution in [2.24, 2.45) is 5.92 Å². The molecule has 146 valence electrons. The highest BCUT2D eigenvalue weighted by atomic mass is 19.1. The fourth-order valence-corrected chi connectivity index (χ4v) is 3.32. The maximum Gasteiger partial charge on any atom is 0.316 e. The maximum atomic E-state index is 13.7. The predicted molar refractivity (Wildman–Crippen MR) is 103 cm³/mol. The Bertz CT molecular complexity index is 920. The van der Waals surface area contributed by atoms with Gasteiger partial charge in [0.25, 0.3) is 0 Å². The number of ether oxygens (including phenoxy) is 1. The minimum Gasteiger partial charge on any atom is -0.463 e. The average molecular weight is 382 g/mol. The molecule has 2 heterocycles. The van der Waals surface area contributed by atoms with E-state index in [1.54, 1.807) is 24.5 Å². The first-order chi connectivity index (χ1) is 13.6. The summed E-state index contributed by atoms with van der Waals surface area (Å²) in [7, 11) is 0. The maximum absolute atomic E-state index is 13.7. The Morgan fingerprint density at radius 1 is 1.21 bits per heavy atom. The topological polar surface area (TPSA) is 77.8 Å². The minimum atomic E-state index is -0.328. The van der Waals surface area contributed by atoms with Crippen molar-refractivity contribution in [1.82, 2.24) is 24.7 Å². The standard InChI is InChI=1S/C20H23FN6O/c1-13(2)27-12-24-26-20(27)28-11-14-7-15(8-14)16-9-22-19(23-10-16)25-18-6-4-3-5-17(18)21/h3-6,9-10,12-15H,7-8,11H2,1-2H3,(H,22,23,25). The van der Waals surface area contributed by atoms with Crippen molar-refractivity contribution in [1.29, 1.82) is 0 Å². The summed E-state index contributed by atoms with van der Waals surface area (Å²) in [5.74, 6) is 0.976. The molecule has 0 atom stereocenters. The Morgan fingerprint density at radius 3 is 2.68 bits per heavy atom. The van der Waals surface area contributed by atoms with E-state index in [4.69, 9.17) is 4.74 Å². The molecular formula is C20H23FN6O. The fourth-order valence-electron chi connectivity index (χ4n) is 3.32. The smallest absolute Gasteiger partial charge is 0.316 e. The molecular weight excluding hydrogens is 359 g/mol. The van der Waals surface area contributed by atoms with Gasteiger partial charge in [-0.2, -0.15) is 0 Å². The van der Waals surface area contributed by atoms with Crippen LogP contribution in [0.1, 0.15) is 44.2 Å². The van der Waals surface area contributed by atoms with Gasteiger partial charge in [-0.25, -0.2) is 14.4 Å². The number of aromatic nitrogens is 5. The van der Waals surface area contributed by atoms with Gasteiger partial charge in [0.1, 0.15) is 12.1 Å². The molecule has 1 saturated carbocycles. The third-order valence-corrected chi connectivity index (χ3v) is 5.04. The number of hydrogen-bond donors (Lipinski definition) is 1. The van der Waals surface area contributed by atoms with Crippen LogP contribution in [0.5, 0.6) is 6.01 Å². The summed E-state index contributed by atoms with van der Waals surface area (Å²) in [6.07, 6.45) is 7.37. The zero-order valence-electron chi connectivity index (χ0n) is 15.9. The van der Waals surface area contributed by atoms with Crippen molar-refractivity contribution < 1.29 is 9.13 Å². The lowest BCUT2D eigenvalue weighted by Crippen LogP contribution is -2.28. The molecule has 1 fully saturated rings. The van der Waals surface area contributed by atoms with Gasteiger partial charge < -0.3 is 10.1 Å². The molecule has 0 radical (unpaired) electrons. The number of para-hydroxylation sites is 1. The van der Waals surface area contributed by atoms with Gasteiger partial charge in [-0.3, -0.25) is 4.57 Å². The second-order valence-corrected chi connectivity index (χ2v) is 7.40. The first-order valence-corrected chi connectivity index (χ1v) is 9.46. The van der Waals surface area contributed by atoms with E-state index in [-0.39, 0.29) is 11.9 Å². The summed E-state index contributed by atoms with van der Waals surface area (Å²) in [6, 6.07) is 7.31. The van der Waals surface area contributed by atoms with Gasteiger partial charge in [0.05, 0.1) is 12.3 Å². The predicted octanol–water partition coefficient (Wildman–Crippen LogP) is 4.10. The molecule has 8 heteroatoms. The van der Waals surface area contributed by atoms with Crippen LogP contribution in [0.25, 0.3) is 0 Å². The molecule has 0 spiro atoms. The number of halogens is 1. The van der Waals surface area contributed by atoms with Crippen molar-refractivity contribution >= 4 is 11.6 Å². The zero-order chi connectivity index (χ0) is 19.5. The van der Waals surface area contributed by atoms with E-state index in [2.05, 4.69) is 39.3 Å². The number of nitrogens with zero attached hydrogens (tertiary/aromatic N) is 5. The first-order valence-electron chi connectivity index (χ1n) is 9.46. The van der Waals surface area contributed by atoms with Crippen molar-refractivity contribution in [3.8, 4) is 6.01 Å². The van der Waals surface area contributed by atoms with Gasteiger partial charge in [-0.1, -0.05) is 17.2 Å². The average Bonchev–Trinajstić information content (AvgIpc) is 3.12. The van der Waals surface area contributed by atoms with Gasteiger partial charge in [-0.15, -0.1) is 5.10 Å². The fraction of sp³-hybridized carbons (Fsp3) is 0.400. The Balaban J connectivity index is 1.28. The van der Waals surface area contributed by atoms with Gasteiger partial charge in [0, 0.05) is 18.4 Å². The summed E-state index contributed by atoms with van der Waals surface area (Å²) in [6.45, 7) is 4.77. The van der Waals surface area contributed by atoms with E-state index in [1.807, 2.05) is 17.0 Å². The third-order valence-electron chi connectivity index (χ3n) is 5.04. The Hall–Kier alpha value is -3.03. The molecule has 1 N–H and O–H groups in total. The molecule has 0 saturated heterocycles. The molecule has 1 aliphatic carbocycles. The number of nitrogens with one attached hydrogen (secondary N) is 1. The molecule has 1 aromatic carbocycles. The van der Waals surface area contributed by atoms with E-state index in [1.165, 1.54) is 6.07 Å². The lowest BCUT2D eigenvalue weighted by Gasteiger charge is -2.34. The number of hydrogen-bond acceptors (Lipinski definition) is 6. The highest BCUT2D eigenvalue weighted by Crippen LogP contribution is 2.41. The summed E-state index contributed by atoms with van der Waals surface area (Å²) < 4.78 is 21.5. The highest BCUT2D eigenvalue weighted by molar-refractivity contribution is 5.53. The molecule has 0 aliphatic heterocycles. The number of anilines is 2. The number of benzene rings is 1. The van der Waals surface area contributed by atoms with Gasteiger partial charge >= 0.3 is 6.01 Å². The van der Waals surface area contributed by atoms with E-state index < -0.39 is 0 Å². The molecule has 3 aromatic rings. The molecule has 1 aliphatic rings. The number of rotatable bonds is 7. The van der Waals surface area contributed by atoms with E-state index in [0.717, 1.165) is 18.4 Å². The zero-order valence-corrected chi connectivity index (χ0v) is 15.9. The minimum absolute atomic E-state index is 0.271. The third kappa shape index (κ3) is 3.95. The normalized spacial score (nSPS) is 18.7. The molecule has 0 unspecified atom stereocenters.